The van der Waals surface area contributed by atoms with Crippen molar-refractivity contribution in [1.82, 2.24) is 4.98 Å². The quantitative estimate of drug-likeness (QED) is 0.501. The Bertz CT molecular complexity index is 1290. The summed E-state index contributed by atoms with van der Waals surface area (Å²) < 4.78 is 11.8. The highest BCUT2D eigenvalue weighted by molar-refractivity contribution is 6.20. The summed E-state index contributed by atoms with van der Waals surface area (Å²) in [7, 11) is 0. The second-order valence-corrected chi connectivity index (χ2v) is 7.80. The first-order valence-corrected chi connectivity index (χ1v) is 10.4. The van der Waals surface area contributed by atoms with Gasteiger partial charge in [-0.25, -0.2) is 0 Å². The van der Waals surface area contributed by atoms with Gasteiger partial charge in [-0.3, -0.25) is 10.2 Å². The van der Waals surface area contributed by atoms with Gasteiger partial charge in [0.2, 0.25) is 0 Å². The van der Waals surface area contributed by atoms with Crippen LogP contribution in [0.2, 0.25) is 0 Å². The van der Waals surface area contributed by atoms with Crippen LogP contribution in [0.15, 0.2) is 58.6 Å². The number of hydrogen-bond acceptors (Lipinski definition) is 4. The van der Waals surface area contributed by atoms with Crippen molar-refractivity contribution in [2.24, 2.45) is 5.73 Å². The lowest BCUT2D eigenvalue weighted by Gasteiger charge is -2.09. The van der Waals surface area contributed by atoms with Crippen molar-refractivity contribution in [3.05, 3.63) is 82.5 Å². The first kappa shape index (κ1) is 19.2. The van der Waals surface area contributed by atoms with Crippen molar-refractivity contribution in [3.8, 4) is 5.75 Å². The van der Waals surface area contributed by atoms with Crippen molar-refractivity contribution in [3.63, 3.8) is 0 Å². The molecule has 0 saturated heterocycles. The molecule has 0 atom stereocenters. The molecule has 2 aliphatic rings. The van der Waals surface area contributed by atoms with Gasteiger partial charge in [0.25, 0.3) is 5.91 Å². The van der Waals surface area contributed by atoms with E-state index in [0.717, 1.165) is 42.6 Å². The molecule has 0 radical (unpaired) electrons. The van der Waals surface area contributed by atoms with Gasteiger partial charge < -0.3 is 19.9 Å². The van der Waals surface area contributed by atoms with E-state index >= 15 is 0 Å². The number of allylic oxidation sites excluding steroid dienone is 3. The number of nitrogens with one attached hydrogen (secondary N) is 2. The highest BCUT2D eigenvalue weighted by Crippen LogP contribution is 2.30. The monoisotopic (exact) mass is 413 g/mol. The van der Waals surface area contributed by atoms with Crippen LogP contribution in [-0.2, 0) is 6.42 Å². The predicted molar refractivity (Wildman–Crippen MR) is 121 cm³/mol. The Balaban J connectivity index is 1.49. The average molecular weight is 413 g/mol. The molecule has 6 heteroatoms. The Morgan fingerprint density at radius 2 is 2.03 bits per heavy atom. The number of H-pyrrole nitrogens is 1. The second-order valence-electron chi connectivity index (χ2n) is 7.80. The molecular formula is C25H23N3O3. The van der Waals surface area contributed by atoms with Gasteiger partial charge in [0, 0.05) is 22.9 Å². The number of aromatic nitrogens is 1. The summed E-state index contributed by atoms with van der Waals surface area (Å²) in [6, 6.07) is 7.32. The van der Waals surface area contributed by atoms with Gasteiger partial charge in [-0.1, -0.05) is 30.4 Å². The third-order valence-electron chi connectivity index (χ3n) is 5.67. The number of aryl methyl sites for hydroxylation is 1. The molecule has 4 N–H and O–H groups in total. The highest BCUT2D eigenvalue weighted by atomic mass is 16.5. The molecule has 0 bridgehead atoms. The number of fused-ring (bicyclic) bond motifs is 2. The van der Waals surface area contributed by atoms with Crippen molar-refractivity contribution in [2.45, 2.75) is 25.7 Å². The van der Waals surface area contributed by atoms with Crippen LogP contribution in [0.4, 0.5) is 0 Å². The maximum atomic E-state index is 12.3. The van der Waals surface area contributed by atoms with Gasteiger partial charge >= 0.3 is 0 Å². The molecule has 0 aliphatic heterocycles. The topological polar surface area (TPSA) is 105 Å². The van der Waals surface area contributed by atoms with Crippen LogP contribution in [-0.4, -0.2) is 23.2 Å². The molecular weight excluding hydrogens is 390 g/mol. The zero-order chi connectivity index (χ0) is 21.4. The van der Waals surface area contributed by atoms with E-state index in [1.54, 1.807) is 6.07 Å². The van der Waals surface area contributed by atoms with E-state index in [2.05, 4.69) is 29.3 Å². The number of rotatable bonds is 6. The van der Waals surface area contributed by atoms with Gasteiger partial charge in [0.05, 0.1) is 11.3 Å². The van der Waals surface area contributed by atoms with E-state index in [9.17, 15) is 4.79 Å². The Hall–Kier alpha value is -3.80. The lowest BCUT2D eigenvalue weighted by molar-refractivity contribution is 0.100. The van der Waals surface area contributed by atoms with Gasteiger partial charge in [0.15, 0.2) is 5.76 Å². The Kier molecular flexibility index (Phi) is 4.82. The summed E-state index contributed by atoms with van der Waals surface area (Å²) in [6.45, 7) is 0.465. The molecule has 6 nitrogen and oxygen atoms in total. The van der Waals surface area contributed by atoms with E-state index in [1.807, 2.05) is 24.3 Å². The second kappa shape index (κ2) is 7.80. The van der Waals surface area contributed by atoms with E-state index < -0.39 is 5.91 Å². The number of amides is 1. The molecule has 156 valence electrons. The number of hydrogen-bond donors (Lipinski definition) is 3. The maximum absolute atomic E-state index is 12.3. The number of aromatic amines is 1. The van der Waals surface area contributed by atoms with Crippen molar-refractivity contribution < 1.29 is 13.9 Å². The van der Waals surface area contributed by atoms with Crippen molar-refractivity contribution >= 4 is 28.6 Å². The van der Waals surface area contributed by atoms with Gasteiger partial charge in [-0.2, -0.15) is 0 Å². The number of benzene rings is 1. The van der Waals surface area contributed by atoms with Crippen molar-refractivity contribution in [2.75, 3.05) is 6.61 Å². The Morgan fingerprint density at radius 1 is 1.16 bits per heavy atom. The summed E-state index contributed by atoms with van der Waals surface area (Å²) in [5.74, 6) is 1.32. The average Bonchev–Trinajstić information content (AvgIpc) is 3.39. The summed E-state index contributed by atoms with van der Waals surface area (Å²) in [4.78, 5) is 15.5. The zero-order valence-electron chi connectivity index (χ0n) is 17.0. The SMILES string of the molecule is N=C(c1cc2c(o1)CCC=C2)c1[nH]c2ccc(OCC3=CCCC=C3)cc2c1C(N)=O. The minimum atomic E-state index is -0.600. The molecule has 2 aromatic heterocycles. The first-order chi connectivity index (χ1) is 15.1. The van der Waals surface area contributed by atoms with E-state index in [1.165, 1.54) is 0 Å². The van der Waals surface area contributed by atoms with Gasteiger partial charge in [-0.15, -0.1) is 0 Å². The fourth-order valence-corrected chi connectivity index (χ4v) is 4.10. The van der Waals surface area contributed by atoms with Crippen LogP contribution < -0.4 is 10.5 Å². The van der Waals surface area contributed by atoms with Crippen LogP contribution in [0, 0.1) is 5.41 Å². The minimum Gasteiger partial charge on any atom is -0.489 e. The molecule has 1 amide bonds. The van der Waals surface area contributed by atoms with E-state index in [0.29, 0.717) is 34.7 Å². The summed E-state index contributed by atoms with van der Waals surface area (Å²) in [5, 5.41) is 9.32. The highest BCUT2D eigenvalue weighted by Gasteiger charge is 2.24. The van der Waals surface area contributed by atoms with E-state index in [4.69, 9.17) is 20.3 Å². The number of nitrogens with two attached hydrogens (primary N) is 1. The van der Waals surface area contributed by atoms with Crippen LogP contribution in [0.25, 0.3) is 17.0 Å². The standard InChI is InChI=1S/C25H23N3O3/c26-23(21-12-16-8-4-5-9-20(16)31-21)24-22(25(27)29)18-13-17(10-11-19(18)28-24)30-14-15-6-2-1-3-7-15/h2,4,6-8,10-13,26,28H,1,3,5,9,14H2,(H2,27,29). The largest absolute Gasteiger partial charge is 0.489 e. The maximum Gasteiger partial charge on any atom is 0.251 e. The fourth-order valence-electron chi connectivity index (χ4n) is 4.10. The summed E-state index contributed by atoms with van der Waals surface area (Å²) >= 11 is 0. The van der Waals surface area contributed by atoms with Gasteiger partial charge in [-0.05, 0) is 49.1 Å². The van der Waals surface area contributed by atoms with Crippen LogP contribution in [0.1, 0.15) is 52.4 Å². The molecule has 1 aromatic carbocycles. The van der Waals surface area contributed by atoms with Crippen LogP contribution >= 0.6 is 0 Å². The number of primary amides is 1. The molecule has 31 heavy (non-hydrogen) atoms. The molecule has 3 aromatic rings. The molecule has 5 rings (SSSR count). The number of carbonyl (C=O) groups is 1. The number of carbonyl (C=O) groups excluding carboxylic acids is 1. The van der Waals surface area contributed by atoms with Crippen LogP contribution in [0.3, 0.4) is 0 Å². The lowest BCUT2D eigenvalue weighted by atomic mass is 10.0. The Morgan fingerprint density at radius 3 is 2.81 bits per heavy atom. The molecule has 0 fully saturated rings. The van der Waals surface area contributed by atoms with Crippen molar-refractivity contribution in [1.29, 1.82) is 5.41 Å². The minimum absolute atomic E-state index is 0.104. The molecule has 0 unspecified atom stereocenters. The summed E-state index contributed by atoms with van der Waals surface area (Å²) in [6.07, 6.45) is 14.3. The molecule has 0 spiro atoms. The summed E-state index contributed by atoms with van der Waals surface area (Å²) in [5.41, 5.74) is 9.28. The Labute approximate surface area is 179 Å². The van der Waals surface area contributed by atoms with E-state index in [-0.39, 0.29) is 11.3 Å². The number of ether oxygens (including phenoxy) is 1. The third kappa shape index (κ3) is 3.61. The smallest absolute Gasteiger partial charge is 0.251 e. The molecule has 0 saturated carbocycles. The first-order valence-electron chi connectivity index (χ1n) is 10.4. The van der Waals surface area contributed by atoms with Crippen LogP contribution in [0.5, 0.6) is 5.75 Å². The number of furan rings is 1. The molecule has 2 heterocycles. The lowest BCUT2D eigenvalue weighted by Crippen LogP contribution is -2.15. The fraction of sp³-hybridized carbons (Fsp3) is 0.200. The van der Waals surface area contributed by atoms with Gasteiger partial charge in [0.1, 0.15) is 23.8 Å². The predicted octanol–water partition coefficient (Wildman–Crippen LogP) is 4.89. The molecule has 2 aliphatic carbocycles. The third-order valence-corrected chi connectivity index (χ3v) is 5.67. The normalized spacial score (nSPS) is 15.0. The zero-order valence-corrected chi connectivity index (χ0v) is 17.0.